The Morgan fingerprint density at radius 1 is 1.43 bits per heavy atom. The third-order valence-electron chi connectivity index (χ3n) is 3.60. The number of rotatable bonds is 6. The lowest BCUT2D eigenvalue weighted by atomic mass is 9.76. The van der Waals surface area contributed by atoms with Gasteiger partial charge in [-0.05, 0) is 24.3 Å². The van der Waals surface area contributed by atoms with Crippen LogP contribution in [-0.2, 0) is 14.3 Å². The van der Waals surface area contributed by atoms with E-state index in [1.54, 1.807) is 25.3 Å². The summed E-state index contributed by atoms with van der Waals surface area (Å²) in [5.41, 5.74) is -0.820. The molecular weight excluding hydrogens is 294 g/mol. The SMILES string of the molecule is COC(=O)c1sccc1NC(=O)CC(C)(C(=O)O)C(C)C. The fourth-order valence-corrected chi connectivity index (χ4v) is 2.48. The Morgan fingerprint density at radius 3 is 2.52 bits per heavy atom. The lowest BCUT2D eigenvalue weighted by Crippen LogP contribution is -2.37. The minimum atomic E-state index is -1.16. The summed E-state index contributed by atoms with van der Waals surface area (Å²) in [5, 5.41) is 13.5. The fraction of sp³-hybridized carbons (Fsp3) is 0.500. The summed E-state index contributed by atoms with van der Waals surface area (Å²) in [6.45, 7) is 5.05. The maximum absolute atomic E-state index is 12.1. The van der Waals surface area contributed by atoms with Gasteiger partial charge in [0.15, 0.2) is 0 Å². The average molecular weight is 313 g/mol. The summed E-state index contributed by atoms with van der Waals surface area (Å²) in [6.07, 6.45) is -0.170. The highest BCUT2D eigenvalue weighted by molar-refractivity contribution is 7.12. The zero-order chi connectivity index (χ0) is 16.2. The Labute approximate surface area is 127 Å². The fourth-order valence-electron chi connectivity index (χ4n) is 1.71. The number of aliphatic carboxylic acids is 1. The molecular formula is C14H19NO5S. The average Bonchev–Trinajstić information content (AvgIpc) is 2.85. The minimum Gasteiger partial charge on any atom is -0.481 e. The number of carboxylic acids is 1. The van der Waals surface area contributed by atoms with E-state index in [0.717, 1.165) is 11.3 Å². The molecule has 116 valence electrons. The van der Waals surface area contributed by atoms with Gasteiger partial charge >= 0.3 is 11.9 Å². The van der Waals surface area contributed by atoms with Gasteiger partial charge in [0.1, 0.15) is 4.88 Å². The smallest absolute Gasteiger partial charge is 0.350 e. The van der Waals surface area contributed by atoms with E-state index in [-0.39, 0.29) is 17.2 Å². The molecule has 0 saturated heterocycles. The van der Waals surface area contributed by atoms with Gasteiger partial charge < -0.3 is 15.2 Å². The lowest BCUT2D eigenvalue weighted by molar-refractivity contribution is -0.153. The number of hydrogen-bond donors (Lipinski definition) is 2. The summed E-state index contributed by atoms with van der Waals surface area (Å²) >= 11 is 1.15. The first kappa shape index (κ1) is 17.2. The monoisotopic (exact) mass is 313 g/mol. The zero-order valence-corrected chi connectivity index (χ0v) is 13.2. The normalized spacial score (nSPS) is 13.6. The summed E-state index contributed by atoms with van der Waals surface area (Å²) in [4.78, 5) is 35.3. The second kappa shape index (κ2) is 6.71. The van der Waals surface area contributed by atoms with Gasteiger partial charge in [-0.25, -0.2) is 4.79 Å². The molecule has 1 aromatic rings. The quantitative estimate of drug-likeness (QED) is 0.787. The first-order valence-electron chi connectivity index (χ1n) is 6.41. The predicted octanol–water partition coefficient (Wildman–Crippen LogP) is 2.61. The van der Waals surface area contributed by atoms with Gasteiger partial charge in [0.25, 0.3) is 0 Å². The molecule has 1 amide bonds. The van der Waals surface area contributed by atoms with Crippen LogP contribution in [0.4, 0.5) is 5.69 Å². The Hall–Kier alpha value is -1.89. The van der Waals surface area contributed by atoms with Crippen LogP contribution in [0.5, 0.6) is 0 Å². The van der Waals surface area contributed by atoms with E-state index in [4.69, 9.17) is 0 Å². The summed E-state index contributed by atoms with van der Waals surface area (Å²) < 4.78 is 4.62. The maximum Gasteiger partial charge on any atom is 0.350 e. The number of nitrogens with one attached hydrogen (secondary N) is 1. The van der Waals surface area contributed by atoms with Crippen LogP contribution in [0.1, 0.15) is 36.9 Å². The Morgan fingerprint density at radius 2 is 2.05 bits per heavy atom. The van der Waals surface area contributed by atoms with Crippen molar-refractivity contribution in [1.82, 2.24) is 0 Å². The van der Waals surface area contributed by atoms with Crippen LogP contribution in [0.25, 0.3) is 0 Å². The molecule has 0 radical (unpaired) electrons. The van der Waals surface area contributed by atoms with Gasteiger partial charge in [-0.15, -0.1) is 11.3 Å². The van der Waals surface area contributed by atoms with Crippen molar-refractivity contribution in [2.24, 2.45) is 11.3 Å². The topological polar surface area (TPSA) is 92.7 Å². The predicted molar refractivity (Wildman–Crippen MR) is 79.5 cm³/mol. The number of carboxylic acid groups (broad SMARTS) is 1. The number of anilines is 1. The molecule has 1 unspecified atom stereocenters. The molecule has 0 bridgehead atoms. The Bertz CT molecular complexity index is 551. The molecule has 1 aromatic heterocycles. The molecule has 0 aliphatic rings. The van der Waals surface area contributed by atoms with Crippen molar-refractivity contribution < 1.29 is 24.2 Å². The highest BCUT2D eigenvalue weighted by Crippen LogP contribution is 2.32. The van der Waals surface area contributed by atoms with Crippen LogP contribution in [0.15, 0.2) is 11.4 Å². The van der Waals surface area contributed by atoms with Crippen LogP contribution in [0.3, 0.4) is 0 Å². The number of hydrogen-bond acceptors (Lipinski definition) is 5. The molecule has 0 fully saturated rings. The molecule has 0 saturated carbocycles. The summed E-state index contributed by atoms with van der Waals surface area (Å²) in [5.74, 6) is -2.21. The van der Waals surface area contributed by atoms with Crippen LogP contribution in [0, 0.1) is 11.3 Å². The molecule has 21 heavy (non-hydrogen) atoms. The number of esters is 1. The first-order chi connectivity index (χ1) is 9.72. The standard InChI is InChI=1S/C14H19NO5S/c1-8(2)14(3,13(18)19)7-10(16)15-9-5-6-21-11(9)12(17)20-4/h5-6,8H,7H2,1-4H3,(H,15,16)(H,18,19). The van der Waals surface area contributed by atoms with Crippen molar-refractivity contribution in [3.8, 4) is 0 Å². The van der Waals surface area contributed by atoms with E-state index in [1.807, 2.05) is 0 Å². The van der Waals surface area contributed by atoms with Crippen molar-refractivity contribution in [3.05, 3.63) is 16.3 Å². The second-order valence-corrected chi connectivity index (χ2v) is 6.17. The largest absolute Gasteiger partial charge is 0.481 e. The van der Waals surface area contributed by atoms with E-state index >= 15 is 0 Å². The third-order valence-corrected chi connectivity index (χ3v) is 4.50. The lowest BCUT2D eigenvalue weighted by Gasteiger charge is -2.28. The van der Waals surface area contributed by atoms with Crippen molar-refractivity contribution in [3.63, 3.8) is 0 Å². The molecule has 0 aliphatic heterocycles. The van der Waals surface area contributed by atoms with Gasteiger partial charge in [-0.2, -0.15) is 0 Å². The Balaban J connectivity index is 2.85. The number of thiophene rings is 1. The van der Waals surface area contributed by atoms with E-state index < -0.39 is 23.3 Å². The molecule has 1 atom stereocenters. The number of carbonyl (C=O) groups excluding carboxylic acids is 2. The van der Waals surface area contributed by atoms with Crippen molar-refractivity contribution in [1.29, 1.82) is 0 Å². The van der Waals surface area contributed by atoms with Gasteiger partial charge in [0.2, 0.25) is 5.91 Å². The van der Waals surface area contributed by atoms with Gasteiger partial charge in [0.05, 0.1) is 18.2 Å². The molecule has 2 N–H and O–H groups in total. The summed E-state index contributed by atoms with van der Waals surface area (Å²) in [6, 6.07) is 1.59. The number of carbonyl (C=O) groups is 3. The molecule has 1 rings (SSSR count). The number of ether oxygens (including phenoxy) is 1. The number of methoxy groups -OCH3 is 1. The van der Waals surface area contributed by atoms with Crippen molar-refractivity contribution in [2.75, 3.05) is 12.4 Å². The first-order valence-corrected chi connectivity index (χ1v) is 7.29. The van der Waals surface area contributed by atoms with Crippen molar-refractivity contribution >= 4 is 34.9 Å². The molecule has 0 aliphatic carbocycles. The van der Waals surface area contributed by atoms with Gasteiger partial charge in [0, 0.05) is 6.42 Å². The van der Waals surface area contributed by atoms with Crippen LogP contribution < -0.4 is 5.32 Å². The van der Waals surface area contributed by atoms with Gasteiger partial charge in [-0.1, -0.05) is 13.8 Å². The van der Waals surface area contributed by atoms with Crippen LogP contribution >= 0.6 is 11.3 Å². The second-order valence-electron chi connectivity index (χ2n) is 5.26. The molecule has 7 heteroatoms. The molecule has 0 spiro atoms. The van der Waals surface area contributed by atoms with Crippen LogP contribution in [-0.4, -0.2) is 30.1 Å². The Kier molecular flexibility index (Phi) is 5.48. The molecule has 1 heterocycles. The van der Waals surface area contributed by atoms with Crippen LogP contribution in [0.2, 0.25) is 0 Å². The minimum absolute atomic E-state index is 0.170. The third kappa shape index (κ3) is 3.81. The van der Waals surface area contributed by atoms with E-state index in [1.165, 1.54) is 14.0 Å². The zero-order valence-electron chi connectivity index (χ0n) is 12.4. The van der Waals surface area contributed by atoms with E-state index in [9.17, 15) is 19.5 Å². The molecule has 0 aromatic carbocycles. The van der Waals surface area contributed by atoms with Crippen molar-refractivity contribution in [2.45, 2.75) is 27.2 Å². The molecule has 6 nitrogen and oxygen atoms in total. The van der Waals surface area contributed by atoms with E-state index in [2.05, 4.69) is 10.1 Å². The number of amides is 1. The maximum atomic E-state index is 12.1. The van der Waals surface area contributed by atoms with E-state index in [0.29, 0.717) is 5.69 Å². The highest BCUT2D eigenvalue weighted by atomic mass is 32.1. The summed E-state index contributed by atoms with van der Waals surface area (Å²) in [7, 11) is 1.26. The van der Waals surface area contributed by atoms with Gasteiger partial charge in [-0.3, -0.25) is 9.59 Å². The highest BCUT2D eigenvalue weighted by Gasteiger charge is 2.39.